The second-order valence-electron chi connectivity index (χ2n) is 4.09. The standard InChI is InChI=1S/C13H14FNOS/c1-8-3-4-11(14)5-10(8)6-12(16)13-9(2)15-7-17-13/h3-5,7,12,16H,6H2,1-2H3. The molecule has 0 radical (unpaired) electrons. The van der Waals surface area contributed by atoms with Crippen LogP contribution in [0.2, 0.25) is 0 Å². The number of aliphatic hydroxyl groups is 1. The number of hydrogen-bond acceptors (Lipinski definition) is 3. The molecule has 4 heteroatoms. The third-order valence-corrected chi connectivity index (χ3v) is 3.84. The molecule has 1 unspecified atom stereocenters. The van der Waals surface area contributed by atoms with E-state index < -0.39 is 6.10 Å². The van der Waals surface area contributed by atoms with Gasteiger partial charge in [0.2, 0.25) is 0 Å². The molecule has 0 amide bonds. The number of halogens is 1. The van der Waals surface area contributed by atoms with Crippen LogP contribution in [0.1, 0.15) is 27.8 Å². The summed E-state index contributed by atoms with van der Waals surface area (Å²) in [5.74, 6) is -0.265. The molecule has 1 heterocycles. The van der Waals surface area contributed by atoms with Crippen LogP contribution in [-0.4, -0.2) is 10.1 Å². The number of thiazole rings is 1. The minimum Gasteiger partial charge on any atom is -0.387 e. The average Bonchev–Trinajstić information content (AvgIpc) is 2.70. The van der Waals surface area contributed by atoms with Crippen LogP contribution in [-0.2, 0) is 6.42 Å². The Hall–Kier alpha value is -1.26. The van der Waals surface area contributed by atoms with Gasteiger partial charge in [-0.05, 0) is 37.1 Å². The second-order valence-corrected chi connectivity index (χ2v) is 4.98. The molecule has 0 spiro atoms. The first-order chi connectivity index (χ1) is 8.08. The van der Waals surface area contributed by atoms with Crippen LogP contribution in [0, 0.1) is 19.7 Å². The Labute approximate surface area is 104 Å². The number of rotatable bonds is 3. The van der Waals surface area contributed by atoms with Crippen LogP contribution in [0.25, 0.3) is 0 Å². The predicted octanol–water partition coefficient (Wildman–Crippen LogP) is 3.18. The average molecular weight is 251 g/mol. The molecule has 2 rings (SSSR count). The summed E-state index contributed by atoms with van der Waals surface area (Å²) in [5, 5.41) is 10.1. The van der Waals surface area contributed by atoms with Gasteiger partial charge in [-0.3, -0.25) is 0 Å². The molecule has 0 aliphatic rings. The second kappa shape index (κ2) is 4.94. The molecule has 2 nitrogen and oxygen atoms in total. The minimum absolute atomic E-state index is 0.265. The maximum Gasteiger partial charge on any atom is 0.123 e. The fourth-order valence-electron chi connectivity index (χ4n) is 1.79. The van der Waals surface area contributed by atoms with Gasteiger partial charge in [-0.25, -0.2) is 9.37 Å². The van der Waals surface area contributed by atoms with Gasteiger partial charge in [-0.15, -0.1) is 11.3 Å². The number of benzene rings is 1. The molecule has 1 aromatic heterocycles. The van der Waals surface area contributed by atoms with Crippen molar-refractivity contribution in [1.82, 2.24) is 4.98 Å². The highest BCUT2D eigenvalue weighted by atomic mass is 32.1. The van der Waals surface area contributed by atoms with E-state index in [4.69, 9.17) is 0 Å². The third-order valence-electron chi connectivity index (χ3n) is 2.81. The Morgan fingerprint density at radius 2 is 2.18 bits per heavy atom. The van der Waals surface area contributed by atoms with Crippen LogP contribution in [0.4, 0.5) is 4.39 Å². The Morgan fingerprint density at radius 3 is 2.82 bits per heavy atom. The maximum atomic E-state index is 13.1. The third kappa shape index (κ3) is 2.70. The molecular formula is C13H14FNOS. The molecular weight excluding hydrogens is 237 g/mol. The van der Waals surface area contributed by atoms with Gasteiger partial charge in [0.05, 0.1) is 22.2 Å². The predicted molar refractivity (Wildman–Crippen MR) is 66.7 cm³/mol. The van der Waals surface area contributed by atoms with E-state index in [1.165, 1.54) is 23.5 Å². The van der Waals surface area contributed by atoms with Crippen LogP contribution < -0.4 is 0 Å². The van der Waals surface area contributed by atoms with Crippen molar-refractivity contribution in [2.45, 2.75) is 26.4 Å². The smallest absolute Gasteiger partial charge is 0.123 e. The summed E-state index contributed by atoms with van der Waals surface area (Å²) < 4.78 is 13.1. The van der Waals surface area contributed by atoms with Crippen molar-refractivity contribution in [3.63, 3.8) is 0 Å². The summed E-state index contributed by atoms with van der Waals surface area (Å²) in [6, 6.07) is 4.65. The van der Waals surface area contributed by atoms with Gasteiger partial charge in [0.15, 0.2) is 0 Å². The molecule has 1 N–H and O–H groups in total. The van der Waals surface area contributed by atoms with Crippen molar-refractivity contribution >= 4 is 11.3 Å². The lowest BCUT2D eigenvalue weighted by Crippen LogP contribution is -2.03. The van der Waals surface area contributed by atoms with Crippen molar-refractivity contribution in [2.24, 2.45) is 0 Å². The van der Waals surface area contributed by atoms with Gasteiger partial charge in [-0.2, -0.15) is 0 Å². The summed E-state index contributed by atoms with van der Waals surface area (Å²) in [6.45, 7) is 3.79. The van der Waals surface area contributed by atoms with Crippen molar-refractivity contribution in [3.05, 3.63) is 51.2 Å². The van der Waals surface area contributed by atoms with Crippen molar-refractivity contribution in [1.29, 1.82) is 0 Å². The number of aryl methyl sites for hydroxylation is 2. The highest BCUT2D eigenvalue weighted by molar-refractivity contribution is 7.09. The summed E-state index contributed by atoms with van der Waals surface area (Å²) >= 11 is 1.43. The first-order valence-corrected chi connectivity index (χ1v) is 6.29. The van der Waals surface area contributed by atoms with E-state index in [1.54, 1.807) is 11.6 Å². The van der Waals surface area contributed by atoms with E-state index in [2.05, 4.69) is 4.98 Å². The van der Waals surface area contributed by atoms with Crippen molar-refractivity contribution in [2.75, 3.05) is 0 Å². The van der Waals surface area contributed by atoms with E-state index in [9.17, 15) is 9.50 Å². The quantitative estimate of drug-likeness (QED) is 0.909. The molecule has 1 aromatic carbocycles. The van der Waals surface area contributed by atoms with E-state index in [1.807, 2.05) is 13.8 Å². The molecule has 1 atom stereocenters. The molecule has 0 fully saturated rings. The van der Waals surface area contributed by atoms with Gasteiger partial charge in [0, 0.05) is 6.42 Å². The van der Waals surface area contributed by atoms with Gasteiger partial charge < -0.3 is 5.11 Å². The molecule has 0 saturated heterocycles. The zero-order valence-corrected chi connectivity index (χ0v) is 10.6. The van der Waals surface area contributed by atoms with Crippen LogP contribution in [0.5, 0.6) is 0 Å². The summed E-state index contributed by atoms with van der Waals surface area (Å²) in [4.78, 5) is 4.96. The van der Waals surface area contributed by atoms with Crippen LogP contribution in [0.15, 0.2) is 23.7 Å². The van der Waals surface area contributed by atoms with Crippen LogP contribution in [0.3, 0.4) is 0 Å². The maximum absolute atomic E-state index is 13.1. The van der Waals surface area contributed by atoms with E-state index in [0.717, 1.165) is 21.7 Å². The Bertz CT molecular complexity index is 524. The first kappa shape index (κ1) is 12.2. The Morgan fingerprint density at radius 1 is 1.41 bits per heavy atom. The highest BCUT2D eigenvalue weighted by Gasteiger charge is 2.15. The normalized spacial score (nSPS) is 12.7. The van der Waals surface area contributed by atoms with Crippen molar-refractivity contribution < 1.29 is 9.50 Å². The van der Waals surface area contributed by atoms with Gasteiger partial charge in [0.25, 0.3) is 0 Å². The topological polar surface area (TPSA) is 33.1 Å². The van der Waals surface area contributed by atoms with Crippen molar-refractivity contribution in [3.8, 4) is 0 Å². The molecule has 2 aromatic rings. The fraction of sp³-hybridized carbons (Fsp3) is 0.308. The zero-order valence-electron chi connectivity index (χ0n) is 9.77. The van der Waals surface area contributed by atoms with Gasteiger partial charge in [-0.1, -0.05) is 6.07 Å². The molecule has 0 bridgehead atoms. The summed E-state index contributed by atoms with van der Waals surface area (Å²) in [6.07, 6.45) is -0.185. The zero-order chi connectivity index (χ0) is 12.4. The largest absolute Gasteiger partial charge is 0.387 e. The molecule has 0 saturated carbocycles. The lowest BCUT2D eigenvalue weighted by molar-refractivity contribution is 0.181. The minimum atomic E-state index is -0.608. The summed E-state index contributed by atoms with van der Waals surface area (Å²) in [7, 11) is 0. The molecule has 0 aliphatic heterocycles. The Balaban J connectivity index is 2.21. The van der Waals surface area contributed by atoms with E-state index in [-0.39, 0.29) is 5.82 Å². The van der Waals surface area contributed by atoms with Gasteiger partial charge in [0.1, 0.15) is 5.82 Å². The highest BCUT2D eigenvalue weighted by Crippen LogP contribution is 2.26. The fourth-order valence-corrected chi connectivity index (χ4v) is 2.58. The monoisotopic (exact) mass is 251 g/mol. The van der Waals surface area contributed by atoms with Crippen LogP contribution >= 0.6 is 11.3 Å². The lowest BCUT2D eigenvalue weighted by atomic mass is 10.0. The Kier molecular flexibility index (Phi) is 3.54. The molecule has 17 heavy (non-hydrogen) atoms. The first-order valence-electron chi connectivity index (χ1n) is 5.41. The van der Waals surface area contributed by atoms with Gasteiger partial charge >= 0.3 is 0 Å². The number of aliphatic hydroxyl groups excluding tert-OH is 1. The SMILES string of the molecule is Cc1ccc(F)cc1CC(O)c1scnc1C. The lowest BCUT2D eigenvalue weighted by Gasteiger charge is -2.11. The molecule has 90 valence electrons. The summed E-state index contributed by atoms with van der Waals surface area (Å²) in [5.41, 5.74) is 4.39. The number of hydrogen-bond donors (Lipinski definition) is 1. The van der Waals surface area contributed by atoms with E-state index >= 15 is 0 Å². The number of nitrogens with zero attached hydrogens (tertiary/aromatic N) is 1. The molecule has 0 aliphatic carbocycles. The van der Waals surface area contributed by atoms with E-state index in [0.29, 0.717) is 6.42 Å². The number of aromatic nitrogens is 1.